The van der Waals surface area contributed by atoms with E-state index in [4.69, 9.17) is 11.1 Å². The highest BCUT2D eigenvalue weighted by molar-refractivity contribution is 6.05. The third-order valence-electron chi connectivity index (χ3n) is 2.61. The summed E-state index contributed by atoms with van der Waals surface area (Å²) in [5, 5.41) is 13.0. The molecule has 0 aromatic heterocycles. The van der Waals surface area contributed by atoms with E-state index >= 15 is 0 Å². The van der Waals surface area contributed by atoms with Gasteiger partial charge in [0.15, 0.2) is 0 Å². The number of hydrogen-bond donors (Lipinski definition) is 4. The number of nitrogens with two attached hydrogens (primary N) is 1. The second-order valence-corrected chi connectivity index (χ2v) is 4.15. The maximum absolute atomic E-state index is 11.6. The van der Waals surface area contributed by atoms with Crippen molar-refractivity contribution < 1.29 is 4.79 Å². The summed E-state index contributed by atoms with van der Waals surface area (Å²) in [4.78, 5) is 11.6. The zero-order valence-electron chi connectivity index (χ0n) is 10.8. The molecule has 0 spiro atoms. The monoisotopic (exact) mass is 248 g/mol. The van der Waals surface area contributed by atoms with Gasteiger partial charge in [0, 0.05) is 12.1 Å². The van der Waals surface area contributed by atoms with Crippen LogP contribution >= 0.6 is 0 Å². The summed E-state index contributed by atoms with van der Waals surface area (Å²) >= 11 is 0. The Morgan fingerprint density at radius 3 is 2.78 bits per heavy atom. The number of amidine groups is 1. The molecule has 0 saturated carbocycles. The number of benzene rings is 1. The van der Waals surface area contributed by atoms with E-state index in [2.05, 4.69) is 17.6 Å². The number of hydrogen-bond acceptors (Lipinski definition) is 2. The minimum Gasteiger partial charge on any atom is -0.384 e. The highest BCUT2D eigenvalue weighted by Crippen LogP contribution is 2.18. The molecule has 5 N–H and O–H groups in total. The molecule has 18 heavy (non-hydrogen) atoms. The maximum Gasteiger partial charge on any atom is 0.319 e. The molecule has 1 aromatic carbocycles. The zero-order chi connectivity index (χ0) is 13.5. The molecule has 0 aliphatic carbocycles. The van der Waals surface area contributed by atoms with Gasteiger partial charge in [-0.15, -0.1) is 0 Å². The number of rotatable bonds is 5. The van der Waals surface area contributed by atoms with Crippen LogP contribution in [0.1, 0.15) is 30.9 Å². The molecule has 1 rings (SSSR count). The SMILES string of the molecule is CCCCNC(=O)Nc1cccc(C)c1C(=N)N. The van der Waals surface area contributed by atoms with Crippen molar-refractivity contribution in [3.8, 4) is 0 Å². The molecule has 2 amide bonds. The lowest BCUT2D eigenvalue weighted by atomic mass is 10.1. The number of carbonyl (C=O) groups is 1. The Morgan fingerprint density at radius 1 is 1.44 bits per heavy atom. The van der Waals surface area contributed by atoms with Crippen LogP contribution in [0.25, 0.3) is 0 Å². The molecule has 0 saturated heterocycles. The van der Waals surface area contributed by atoms with E-state index in [0.717, 1.165) is 18.4 Å². The number of amides is 2. The lowest BCUT2D eigenvalue weighted by Crippen LogP contribution is -2.30. The van der Waals surface area contributed by atoms with Gasteiger partial charge in [0.1, 0.15) is 5.84 Å². The Kier molecular flexibility index (Phi) is 5.17. The smallest absolute Gasteiger partial charge is 0.319 e. The van der Waals surface area contributed by atoms with Crippen LogP contribution in [0.3, 0.4) is 0 Å². The molecule has 0 heterocycles. The lowest BCUT2D eigenvalue weighted by Gasteiger charge is -2.13. The molecule has 0 radical (unpaired) electrons. The van der Waals surface area contributed by atoms with Crippen LogP contribution in [0, 0.1) is 12.3 Å². The molecular formula is C13H20N4O. The van der Waals surface area contributed by atoms with Crippen molar-refractivity contribution in [1.82, 2.24) is 5.32 Å². The van der Waals surface area contributed by atoms with E-state index in [1.54, 1.807) is 6.07 Å². The first-order valence-electron chi connectivity index (χ1n) is 6.05. The number of carbonyl (C=O) groups excluding carboxylic acids is 1. The second-order valence-electron chi connectivity index (χ2n) is 4.15. The number of aryl methyl sites for hydroxylation is 1. The third kappa shape index (κ3) is 3.76. The molecule has 0 fully saturated rings. The van der Waals surface area contributed by atoms with Gasteiger partial charge < -0.3 is 16.4 Å². The van der Waals surface area contributed by atoms with Crippen LogP contribution in [0.15, 0.2) is 18.2 Å². The third-order valence-corrected chi connectivity index (χ3v) is 2.61. The molecular weight excluding hydrogens is 228 g/mol. The summed E-state index contributed by atoms with van der Waals surface area (Å²) in [6.45, 7) is 4.56. The van der Waals surface area contributed by atoms with Crippen molar-refractivity contribution >= 4 is 17.6 Å². The first-order chi connectivity index (χ1) is 8.56. The van der Waals surface area contributed by atoms with E-state index in [0.29, 0.717) is 17.8 Å². The van der Waals surface area contributed by atoms with Gasteiger partial charge in [-0.1, -0.05) is 25.5 Å². The van der Waals surface area contributed by atoms with E-state index in [9.17, 15) is 4.79 Å². The molecule has 1 aromatic rings. The number of anilines is 1. The van der Waals surface area contributed by atoms with Crippen molar-refractivity contribution in [3.63, 3.8) is 0 Å². The largest absolute Gasteiger partial charge is 0.384 e. The van der Waals surface area contributed by atoms with Crippen molar-refractivity contribution in [3.05, 3.63) is 29.3 Å². The average Bonchev–Trinajstić information content (AvgIpc) is 2.28. The summed E-state index contributed by atoms with van der Waals surface area (Å²) in [5.74, 6) is -0.0445. The quantitative estimate of drug-likeness (QED) is 0.365. The van der Waals surface area contributed by atoms with E-state index in [1.165, 1.54) is 0 Å². The normalized spacial score (nSPS) is 9.89. The number of urea groups is 1. The summed E-state index contributed by atoms with van der Waals surface area (Å²) in [6.07, 6.45) is 1.98. The van der Waals surface area contributed by atoms with Crippen LogP contribution in [-0.2, 0) is 0 Å². The second kappa shape index (κ2) is 6.64. The van der Waals surface area contributed by atoms with Gasteiger partial charge in [0.05, 0.1) is 5.69 Å². The Balaban J connectivity index is 2.75. The van der Waals surface area contributed by atoms with Gasteiger partial charge >= 0.3 is 6.03 Å². The fourth-order valence-electron chi connectivity index (χ4n) is 1.67. The molecule has 5 heteroatoms. The van der Waals surface area contributed by atoms with E-state index in [1.807, 2.05) is 19.1 Å². The molecule has 0 atom stereocenters. The van der Waals surface area contributed by atoms with Crippen LogP contribution < -0.4 is 16.4 Å². The average molecular weight is 248 g/mol. The van der Waals surface area contributed by atoms with Crippen molar-refractivity contribution in [2.24, 2.45) is 5.73 Å². The molecule has 0 aliphatic heterocycles. The predicted octanol–water partition coefficient (Wildman–Crippen LogP) is 2.20. The van der Waals surface area contributed by atoms with E-state index < -0.39 is 0 Å². The van der Waals surface area contributed by atoms with Gasteiger partial charge in [-0.2, -0.15) is 0 Å². The fraction of sp³-hybridized carbons (Fsp3) is 0.385. The van der Waals surface area contributed by atoms with Crippen LogP contribution in [0.2, 0.25) is 0 Å². The van der Waals surface area contributed by atoms with Crippen molar-refractivity contribution in [2.45, 2.75) is 26.7 Å². The molecule has 5 nitrogen and oxygen atoms in total. The van der Waals surface area contributed by atoms with Crippen molar-refractivity contribution in [1.29, 1.82) is 5.41 Å². The molecule has 0 unspecified atom stereocenters. The number of unbranched alkanes of at least 4 members (excludes halogenated alkanes) is 1. The topological polar surface area (TPSA) is 91.0 Å². The highest BCUT2D eigenvalue weighted by atomic mass is 16.2. The summed E-state index contributed by atoms with van der Waals surface area (Å²) < 4.78 is 0. The van der Waals surface area contributed by atoms with E-state index in [-0.39, 0.29) is 11.9 Å². The van der Waals surface area contributed by atoms with Gasteiger partial charge in [0.25, 0.3) is 0 Å². The van der Waals surface area contributed by atoms with Gasteiger partial charge in [-0.3, -0.25) is 5.41 Å². The Morgan fingerprint density at radius 2 is 2.17 bits per heavy atom. The minimum absolute atomic E-state index is 0.0445. The molecule has 0 aliphatic rings. The Labute approximate surface area is 107 Å². The number of nitrogens with one attached hydrogen (secondary N) is 3. The predicted molar refractivity (Wildman–Crippen MR) is 74.1 cm³/mol. The van der Waals surface area contributed by atoms with Crippen LogP contribution in [-0.4, -0.2) is 18.4 Å². The first kappa shape index (κ1) is 14.0. The van der Waals surface area contributed by atoms with Gasteiger partial charge in [-0.25, -0.2) is 4.79 Å². The minimum atomic E-state index is -0.267. The zero-order valence-corrected chi connectivity index (χ0v) is 10.8. The standard InChI is InChI=1S/C13H20N4O/c1-3-4-8-16-13(18)17-10-7-5-6-9(2)11(10)12(14)15/h5-7H,3-4,8H2,1-2H3,(H3,14,15)(H2,16,17,18). The Bertz CT molecular complexity index is 443. The molecule has 98 valence electrons. The molecule has 0 bridgehead atoms. The maximum atomic E-state index is 11.6. The summed E-state index contributed by atoms with van der Waals surface area (Å²) in [6, 6.07) is 5.15. The summed E-state index contributed by atoms with van der Waals surface area (Å²) in [5.41, 5.74) is 7.53. The first-order valence-corrected chi connectivity index (χ1v) is 6.05. The van der Waals surface area contributed by atoms with Gasteiger partial charge in [0.2, 0.25) is 0 Å². The summed E-state index contributed by atoms with van der Waals surface area (Å²) in [7, 11) is 0. The lowest BCUT2D eigenvalue weighted by molar-refractivity contribution is 0.252. The fourth-order valence-corrected chi connectivity index (χ4v) is 1.67. The highest BCUT2D eigenvalue weighted by Gasteiger charge is 2.10. The van der Waals surface area contributed by atoms with Crippen molar-refractivity contribution in [2.75, 3.05) is 11.9 Å². The van der Waals surface area contributed by atoms with Gasteiger partial charge in [-0.05, 0) is 25.0 Å². The van der Waals surface area contributed by atoms with Crippen LogP contribution in [0.5, 0.6) is 0 Å². The number of nitrogen functional groups attached to an aromatic ring is 1. The van der Waals surface area contributed by atoms with Crippen LogP contribution in [0.4, 0.5) is 10.5 Å². The Hall–Kier alpha value is -2.04.